The monoisotopic (exact) mass is 200 g/mol. The van der Waals surface area contributed by atoms with Gasteiger partial charge < -0.3 is 14.9 Å². The maximum absolute atomic E-state index is 9.61. The van der Waals surface area contributed by atoms with Gasteiger partial charge in [-0.3, -0.25) is 0 Å². The van der Waals surface area contributed by atoms with Gasteiger partial charge in [0.05, 0.1) is 18.8 Å². The van der Waals surface area contributed by atoms with Crippen molar-refractivity contribution < 1.29 is 14.9 Å². The Bertz CT molecular complexity index is 177. The van der Waals surface area contributed by atoms with E-state index in [0.717, 1.165) is 6.42 Å². The highest BCUT2D eigenvalue weighted by Gasteiger charge is 2.37. The van der Waals surface area contributed by atoms with Crippen molar-refractivity contribution in [3.8, 4) is 0 Å². The van der Waals surface area contributed by atoms with E-state index in [0.29, 0.717) is 5.92 Å². The zero-order valence-electron chi connectivity index (χ0n) is 8.56. The number of hydrogen-bond acceptors (Lipinski definition) is 3. The van der Waals surface area contributed by atoms with Gasteiger partial charge in [0.1, 0.15) is 6.10 Å². The second kappa shape index (κ2) is 4.60. The molecule has 1 unspecified atom stereocenters. The fourth-order valence-corrected chi connectivity index (χ4v) is 2.73. The Morgan fingerprint density at radius 2 is 1.86 bits per heavy atom. The first-order valence-corrected chi connectivity index (χ1v) is 5.75. The molecule has 0 aromatic rings. The molecule has 2 rings (SSSR count). The lowest BCUT2D eigenvalue weighted by Gasteiger charge is -2.26. The Balaban J connectivity index is 1.86. The van der Waals surface area contributed by atoms with Crippen LogP contribution in [0.5, 0.6) is 0 Å². The summed E-state index contributed by atoms with van der Waals surface area (Å²) in [4.78, 5) is 0. The highest BCUT2D eigenvalue weighted by Crippen LogP contribution is 2.34. The fraction of sp³-hybridized carbons (Fsp3) is 1.00. The van der Waals surface area contributed by atoms with Crippen LogP contribution in [0.2, 0.25) is 0 Å². The zero-order valence-corrected chi connectivity index (χ0v) is 8.56. The molecule has 0 aromatic heterocycles. The molecule has 14 heavy (non-hydrogen) atoms. The molecule has 0 spiro atoms. The third-order valence-corrected chi connectivity index (χ3v) is 3.61. The Labute approximate surface area is 85.1 Å². The van der Waals surface area contributed by atoms with Crippen molar-refractivity contribution in [1.29, 1.82) is 0 Å². The minimum atomic E-state index is -0.452. The van der Waals surface area contributed by atoms with E-state index in [4.69, 9.17) is 9.84 Å². The predicted octanol–water partition coefficient (Wildman–Crippen LogP) is 1.08. The average molecular weight is 200 g/mol. The predicted molar refractivity (Wildman–Crippen MR) is 52.9 cm³/mol. The standard InChI is InChI=1S/C11H20O3/c12-7-11-9(13)6-10(14-11)8-4-2-1-3-5-8/h8-13H,1-7H2/t9-,10?,11+/m0/s1. The summed E-state index contributed by atoms with van der Waals surface area (Å²) in [5.41, 5.74) is 0. The van der Waals surface area contributed by atoms with Gasteiger partial charge in [0, 0.05) is 6.42 Å². The van der Waals surface area contributed by atoms with E-state index in [1.165, 1.54) is 32.1 Å². The van der Waals surface area contributed by atoms with Crippen molar-refractivity contribution in [1.82, 2.24) is 0 Å². The molecule has 1 aliphatic heterocycles. The molecule has 2 N–H and O–H groups in total. The lowest BCUT2D eigenvalue weighted by atomic mass is 9.84. The molecule has 82 valence electrons. The molecular weight excluding hydrogens is 180 g/mol. The largest absolute Gasteiger partial charge is 0.394 e. The first-order valence-electron chi connectivity index (χ1n) is 5.75. The van der Waals surface area contributed by atoms with E-state index in [9.17, 15) is 5.11 Å². The molecule has 1 saturated heterocycles. The average Bonchev–Trinajstić information content (AvgIpc) is 2.61. The summed E-state index contributed by atoms with van der Waals surface area (Å²) in [6, 6.07) is 0. The molecule has 2 fully saturated rings. The Hall–Kier alpha value is -0.120. The molecule has 3 heteroatoms. The quantitative estimate of drug-likeness (QED) is 0.701. The first-order chi connectivity index (χ1) is 6.81. The number of rotatable bonds is 2. The minimum absolute atomic E-state index is 0.0512. The number of aliphatic hydroxyl groups is 2. The van der Waals surface area contributed by atoms with Crippen molar-refractivity contribution in [3.63, 3.8) is 0 Å². The third kappa shape index (κ3) is 2.10. The summed E-state index contributed by atoms with van der Waals surface area (Å²) in [6.45, 7) is -0.0512. The molecule has 1 heterocycles. The maximum atomic E-state index is 9.61. The van der Waals surface area contributed by atoms with Crippen LogP contribution < -0.4 is 0 Å². The Kier molecular flexibility index (Phi) is 3.42. The first kappa shape index (κ1) is 10.4. The van der Waals surface area contributed by atoms with Crippen LogP contribution in [0.3, 0.4) is 0 Å². The molecular formula is C11H20O3. The SMILES string of the molecule is OC[C@H]1OC(C2CCCCC2)C[C@@H]1O. The van der Waals surface area contributed by atoms with Crippen LogP contribution in [0.1, 0.15) is 38.5 Å². The van der Waals surface area contributed by atoms with Crippen LogP contribution in [-0.2, 0) is 4.74 Å². The van der Waals surface area contributed by atoms with Gasteiger partial charge in [-0.1, -0.05) is 19.3 Å². The molecule has 1 saturated carbocycles. The maximum Gasteiger partial charge on any atom is 0.107 e. The van der Waals surface area contributed by atoms with Crippen molar-refractivity contribution >= 4 is 0 Å². The normalized spacial score (nSPS) is 40.3. The van der Waals surface area contributed by atoms with Gasteiger partial charge in [0.25, 0.3) is 0 Å². The smallest absolute Gasteiger partial charge is 0.107 e. The van der Waals surface area contributed by atoms with Crippen molar-refractivity contribution in [2.45, 2.75) is 56.8 Å². The summed E-state index contributed by atoms with van der Waals surface area (Å²) in [7, 11) is 0. The molecule has 0 radical (unpaired) electrons. The summed E-state index contributed by atoms with van der Waals surface area (Å²) >= 11 is 0. The molecule has 1 aliphatic carbocycles. The van der Waals surface area contributed by atoms with E-state index in [1.54, 1.807) is 0 Å². The lowest BCUT2D eigenvalue weighted by Crippen LogP contribution is -2.25. The van der Waals surface area contributed by atoms with Crippen LogP contribution in [0.25, 0.3) is 0 Å². The van der Waals surface area contributed by atoms with E-state index in [1.807, 2.05) is 0 Å². The summed E-state index contributed by atoms with van der Waals surface area (Å²) < 4.78 is 5.66. The van der Waals surface area contributed by atoms with Crippen LogP contribution in [0, 0.1) is 5.92 Å². The van der Waals surface area contributed by atoms with Crippen molar-refractivity contribution in [2.75, 3.05) is 6.61 Å². The van der Waals surface area contributed by atoms with Crippen molar-refractivity contribution in [3.05, 3.63) is 0 Å². The van der Waals surface area contributed by atoms with Gasteiger partial charge in [-0.2, -0.15) is 0 Å². The minimum Gasteiger partial charge on any atom is -0.394 e. The molecule has 3 atom stereocenters. The molecule has 0 bridgehead atoms. The van der Waals surface area contributed by atoms with Gasteiger partial charge in [-0.05, 0) is 18.8 Å². The van der Waals surface area contributed by atoms with Crippen LogP contribution in [-0.4, -0.2) is 35.1 Å². The Morgan fingerprint density at radius 3 is 2.43 bits per heavy atom. The van der Waals surface area contributed by atoms with E-state index in [2.05, 4.69) is 0 Å². The zero-order chi connectivity index (χ0) is 9.97. The van der Waals surface area contributed by atoms with E-state index >= 15 is 0 Å². The highest BCUT2D eigenvalue weighted by molar-refractivity contribution is 4.86. The third-order valence-electron chi connectivity index (χ3n) is 3.61. The van der Waals surface area contributed by atoms with Gasteiger partial charge in [0.15, 0.2) is 0 Å². The molecule has 0 amide bonds. The highest BCUT2D eigenvalue weighted by atomic mass is 16.5. The van der Waals surface area contributed by atoms with Gasteiger partial charge in [-0.15, -0.1) is 0 Å². The number of ether oxygens (including phenoxy) is 1. The molecule has 3 nitrogen and oxygen atoms in total. The van der Waals surface area contributed by atoms with Gasteiger partial charge in [0.2, 0.25) is 0 Å². The Morgan fingerprint density at radius 1 is 1.14 bits per heavy atom. The fourth-order valence-electron chi connectivity index (χ4n) is 2.73. The second-order valence-corrected chi connectivity index (χ2v) is 4.60. The summed E-state index contributed by atoms with van der Waals surface area (Å²) in [5, 5.41) is 18.6. The van der Waals surface area contributed by atoms with Gasteiger partial charge in [-0.25, -0.2) is 0 Å². The van der Waals surface area contributed by atoms with Crippen LogP contribution in [0.15, 0.2) is 0 Å². The summed E-state index contributed by atoms with van der Waals surface area (Å²) in [5.74, 6) is 0.620. The summed E-state index contributed by atoms with van der Waals surface area (Å²) in [6.07, 6.45) is 6.53. The topological polar surface area (TPSA) is 49.7 Å². The van der Waals surface area contributed by atoms with E-state index in [-0.39, 0.29) is 18.8 Å². The molecule has 0 aromatic carbocycles. The van der Waals surface area contributed by atoms with Gasteiger partial charge >= 0.3 is 0 Å². The number of aliphatic hydroxyl groups excluding tert-OH is 2. The number of hydrogen-bond donors (Lipinski definition) is 2. The lowest BCUT2D eigenvalue weighted by molar-refractivity contribution is -0.0428. The second-order valence-electron chi connectivity index (χ2n) is 4.60. The van der Waals surface area contributed by atoms with Crippen LogP contribution in [0.4, 0.5) is 0 Å². The van der Waals surface area contributed by atoms with Crippen LogP contribution >= 0.6 is 0 Å². The van der Waals surface area contributed by atoms with Crippen molar-refractivity contribution in [2.24, 2.45) is 5.92 Å². The molecule has 2 aliphatic rings. The van der Waals surface area contributed by atoms with E-state index < -0.39 is 6.10 Å².